The van der Waals surface area contributed by atoms with E-state index < -0.39 is 11.8 Å². The topological polar surface area (TPSA) is 94.3 Å². The lowest BCUT2D eigenvalue weighted by atomic mass is 10.0. The second-order valence-corrected chi connectivity index (χ2v) is 7.85. The van der Waals surface area contributed by atoms with Gasteiger partial charge in [0.15, 0.2) is 0 Å². The molecule has 0 radical (unpaired) electrons. The molecule has 1 aliphatic heterocycles. The van der Waals surface area contributed by atoms with Crippen molar-refractivity contribution in [2.45, 2.75) is 13.5 Å². The molecule has 0 aromatic heterocycles. The number of aliphatic imine (C=N–C) groups is 1. The molecule has 0 spiro atoms. The first-order chi connectivity index (χ1) is 16.0. The largest absolute Gasteiger partial charge is 0.347 e. The van der Waals surface area contributed by atoms with Gasteiger partial charge in [-0.2, -0.15) is 5.26 Å². The zero-order valence-corrected chi connectivity index (χ0v) is 18.5. The maximum atomic E-state index is 12.8. The SMILES string of the molecule is Cc1ccc(CNC(=O)/C(C#N)=C2\N=C(NC(=O)c3ccccc3Cl)c3ccccc32)cc1. The van der Waals surface area contributed by atoms with Crippen LogP contribution in [0.3, 0.4) is 0 Å². The molecule has 1 aliphatic rings. The van der Waals surface area contributed by atoms with Crippen molar-refractivity contribution >= 4 is 34.9 Å². The molecule has 33 heavy (non-hydrogen) atoms. The fourth-order valence-electron chi connectivity index (χ4n) is 3.42. The summed E-state index contributed by atoms with van der Waals surface area (Å²) in [4.78, 5) is 30.0. The Balaban J connectivity index is 1.63. The molecule has 6 nitrogen and oxygen atoms in total. The van der Waals surface area contributed by atoms with Gasteiger partial charge in [-0.1, -0.05) is 77.8 Å². The molecule has 0 unspecified atom stereocenters. The Hall–Kier alpha value is -4.21. The molecule has 0 bridgehead atoms. The highest BCUT2D eigenvalue weighted by Gasteiger charge is 2.27. The average molecular weight is 455 g/mol. The van der Waals surface area contributed by atoms with Crippen molar-refractivity contribution < 1.29 is 9.59 Å². The van der Waals surface area contributed by atoms with Crippen molar-refractivity contribution in [2.24, 2.45) is 4.99 Å². The number of halogens is 1. The number of aryl methyl sites for hydroxylation is 1. The van der Waals surface area contributed by atoms with E-state index >= 15 is 0 Å². The van der Waals surface area contributed by atoms with Crippen LogP contribution in [0.5, 0.6) is 0 Å². The number of amidine groups is 1. The predicted molar refractivity (Wildman–Crippen MR) is 127 cm³/mol. The van der Waals surface area contributed by atoms with Gasteiger partial charge in [0.2, 0.25) is 0 Å². The van der Waals surface area contributed by atoms with E-state index in [1.54, 1.807) is 48.5 Å². The standard InChI is InChI=1S/C26H19ClN4O2/c1-16-10-12-17(13-11-16)15-29-25(32)21(14-28)23-18-6-2-3-7-19(18)24(30-23)31-26(33)20-8-4-5-9-22(20)27/h2-13H,15H2,1H3,(H,29,32)(H,30,31,33)/b23-21-. The van der Waals surface area contributed by atoms with Crippen molar-refractivity contribution in [3.63, 3.8) is 0 Å². The molecule has 162 valence electrons. The number of fused-ring (bicyclic) bond motifs is 1. The summed E-state index contributed by atoms with van der Waals surface area (Å²) in [6, 6.07) is 23.5. The van der Waals surface area contributed by atoms with Gasteiger partial charge < -0.3 is 10.6 Å². The van der Waals surface area contributed by atoms with Crippen LogP contribution in [0.2, 0.25) is 5.02 Å². The second-order valence-electron chi connectivity index (χ2n) is 7.44. The van der Waals surface area contributed by atoms with Crippen LogP contribution in [-0.4, -0.2) is 17.6 Å². The summed E-state index contributed by atoms with van der Waals surface area (Å²) in [6.45, 7) is 2.26. The van der Waals surface area contributed by atoms with Crippen LogP contribution >= 0.6 is 11.6 Å². The first kappa shape index (κ1) is 22.0. The van der Waals surface area contributed by atoms with E-state index in [4.69, 9.17) is 11.6 Å². The summed E-state index contributed by atoms with van der Waals surface area (Å²) < 4.78 is 0. The van der Waals surface area contributed by atoms with Crippen LogP contribution in [0.4, 0.5) is 0 Å². The van der Waals surface area contributed by atoms with E-state index in [0.29, 0.717) is 21.7 Å². The lowest BCUT2D eigenvalue weighted by molar-refractivity contribution is -0.117. The number of amides is 2. The lowest BCUT2D eigenvalue weighted by Crippen LogP contribution is -2.30. The molecule has 0 fully saturated rings. The minimum absolute atomic E-state index is 0.128. The first-order valence-electron chi connectivity index (χ1n) is 10.2. The molecule has 2 N–H and O–H groups in total. The Kier molecular flexibility index (Phi) is 6.34. The molecular formula is C26H19ClN4O2. The second kappa shape index (κ2) is 9.51. The van der Waals surface area contributed by atoms with E-state index in [0.717, 1.165) is 11.1 Å². The summed E-state index contributed by atoms with van der Waals surface area (Å²) in [7, 11) is 0. The van der Waals surface area contributed by atoms with Gasteiger partial charge in [0.05, 0.1) is 16.3 Å². The molecule has 0 aliphatic carbocycles. The number of carbonyl (C=O) groups excluding carboxylic acids is 2. The fourth-order valence-corrected chi connectivity index (χ4v) is 3.64. The minimum Gasteiger partial charge on any atom is -0.347 e. The maximum absolute atomic E-state index is 12.8. The van der Waals surface area contributed by atoms with E-state index in [1.165, 1.54) is 0 Å². The van der Waals surface area contributed by atoms with Crippen LogP contribution in [0.1, 0.15) is 32.6 Å². The Morgan fingerprint density at radius 2 is 1.64 bits per heavy atom. The van der Waals surface area contributed by atoms with Gasteiger partial charge in [-0.05, 0) is 24.6 Å². The first-order valence-corrected chi connectivity index (χ1v) is 10.6. The van der Waals surface area contributed by atoms with Crippen molar-refractivity contribution in [3.05, 3.63) is 111 Å². The molecular weight excluding hydrogens is 436 g/mol. The van der Waals surface area contributed by atoms with E-state index in [9.17, 15) is 14.9 Å². The third-order valence-electron chi connectivity index (χ3n) is 5.16. The van der Waals surface area contributed by atoms with Crippen molar-refractivity contribution in [1.29, 1.82) is 5.26 Å². The summed E-state index contributed by atoms with van der Waals surface area (Å²) in [5, 5.41) is 15.6. The highest BCUT2D eigenvalue weighted by molar-refractivity contribution is 6.34. The Morgan fingerprint density at radius 1 is 0.970 bits per heavy atom. The normalized spacial score (nSPS) is 13.4. The molecule has 4 rings (SSSR count). The number of carbonyl (C=O) groups is 2. The smallest absolute Gasteiger partial charge is 0.264 e. The van der Waals surface area contributed by atoms with Gasteiger partial charge in [-0.15, -0.1) is 0 Å². The number of nitrogens with zero attached hydrogens (tertiary/aromatic N) is 2. The van der Waals surface area contributed by atoms with E-state index in [2.05, 4.69) is 15.6 Å². The third kappa shape index (κ3) is 4.69. The van der Waals surface area contributed by atoms with Gasteiger partial charge in [-0.25, -0.2) is 4.99 Å². The molecule has 3 aromatic carbocycles. The average Bonchev–Trinajstić information content (AvgIpc) is 3.17. The molecule has 7 heteroatoms. The van der Waals surface area contributed by atoms with Gasteiger partial charge in [-0.3, -0.25) is 9.59 Å². The van der Waals surface area contributed by atoms with Crippen LogP contribution in [0.25, 0.3) is 5.70 Å². The van der Waals surface area contributed by atoms with Gasteiger partial charge in [0.25, 0.3) is 11.8 Å². The molecule has 0 saturated heterocycles. The molecule has 0 atom stereocenters. The van der Waals surface area contributed by atoms with Crippen LogP contribution < -0.4 is 10.6 Å². The number of nitrogens with one attached hydrogen (secondary N) is 2. The summed E-state index contributed by atoms with van der Waals surface area (Å²) in [5.74, 6) is -0.715. The summed E-state index contributed by atoms with van der Waals surface area (Å²) in [5.41, 5.74) is 3.63. The molecule has 0 saturated carbocycles. The Morgan fingerprint density at radius 3 is 2.33 bits per heavy atom. The number of hydrogen-bond donors (Lipinski definition) is 2. The lowest BCUT2D eigenvalue weighted by Gasteiger charge is -2.07. The fraction of sp³-hybridized carbons (Fsp3) is 0.0769. The third-order valence-corrected chi connectivity index (χ3v) is 5.49. The van der Waals surface area contributed by atoms with E-state index in [1.807, 2.05) is 37.3 Å². The van der Waals surface area contributed by atoms with Crippen molar-refractivity contribution in [2.75, 3.05) is 0 Å². The van der Waals surface area contributed by atoms with Gasteiger partial charge in [0.1, 0.15) is 17.5 Å². The Labute approximate surface area is 196 Å². The number of benzene rings is 3. The number of hydrogen-bond acceptors (Lipinski definition) is 4. The predicted octanol–water partition coefficient (Wildman–Crippen LogP) is 4.39. The van der Waals surface area contributed by atoms with Gasteiger partial charge >= 0.3 is 0 Å². The summed E-state index contributed by atoms with van der Waals surface area (Å²) >= 11 is 6.14. The van der Waals surface area contributed by atoms with Crippen LogP contribution in [0, 0.1) is 18.3 Å². The number of nitriles is 1. The van der Waals surface area contributed by atoms with Crippen LogP contribution in [-0.2, 0) is 11.3 Å². The maximum Gasteiger partial charge on any atom is 0.264 e. The minimum atomic E-state index is -0.537. The van der Waals surface area contributed by atoms with Crippen molar-refractivity contribution in [1.82, 2.24) is 10.6 Å². The highest BCUT2D eigenvalue weighted by atomic mass is 35.5. The van der Waals surface area contributed by atoms with E-state index in [-0.39, 0.29) is 23.7 Å². The monoisotopic (exact) mass is 454 g/mol. The zero-order chi connectivity index (χ0) is 23.4. The number of rotatable bonds is 4. The van der Waals surface area contributed by atoms with Crippen LogP contribution in [0.15, 0.2) is 83.4 Å². The summed E-state index contributed by atoms with van der Waals surface area (Å²) in [6.07, 6.45) is 0. The molecule has 1 heterocycles. The zero-order valence-electron chi connectivity index (χ0n) is 17.7. The molecule has 2 amide bonds. The van der Waals surface area contributed by atoms with Gasteiger partial charge in [0, 0.05) is 17.7 Å². The van der Waals surface area contributed by atoms with Crippen molar-refractivity contribution in [3.8, 4) is 6.07 Å². The Bertz CT molecular complexity index is 1350. The quantitative estimate of drug-likeness (QED) is 0.452. The highest BCUT2D eigenvalue weighted by Crippen LogP contribution is 2.31. The molecule has 3 aromatic rings.